The summed E-state index contributed by atoms with van der Waals surface area (Å²) in [6, 6.07) is 12.7. The van der Waals surface area contributed by atoms with Gasteiger partial charge in [0.1, 0.15) is 10.8 Å². The Bertz CT molecular complexity index is 1160. The minimum absolute atomic E-state index is 0.192. The van der Waals surface area contributed by atoms with E-state index in [1.807, 2.05) is 24.3 Å². The number of methoxy groups -OCH3 is 1. The molecule has 0 atom stereocenters. The minimum Gasteiger partial charge on any atom is -0.496 e. The van der Waals surface area contributed by atoms with Crippen molar-refractivity contribution >= 4 is 33.0 Å². The minimum atomic E-state index is -3.57. The predicted molar refractivity (Wildman–Crippen MR) is 119 cm³/mol. The van der Waals surface area contributed by atoms with E-state index in [1.54, 1.807) is 41.8 Å². The number of rotatable bonds is 5. The molecule has 30 heavy (non-hydrogen) atoms. The molecule has 0 aliphatic carbocycles. The molecule has 0 saturated carbocycles. The Kier molecular flexibility index (Phi) is 6.11. The zero-order chi connectivity index (χ0) is 21.3. The Labute approximate surface area is 185 Å². The molecular formula is C21H22ClN3O3S2. The van der Waals surface area contributed by atoms with E-state index in [0.29, 0.717) is 36.5 Å². The molecule has 2 aromatic carbocycles. The summed E-state index contributed by atoms with van der Waals surface area (Å²) in [5.41, 5.74) is 1.62. The largest absolute Gasteiger partial charge is 0.496 e. The monoisotopic (exact) mass is 463 g/mol. The first-order valence-corrected chi connectivity index (χ1v) is 12.3. The molecule has 4 rings (SSSR count). The zero-order valence-electron chi connectivity index (χ0n) is 16.7. The summed E-state index contributed by atoms with van der Waals surface area (Å²) in [6.07, 6.45) is 1.42. The van der Waals surface area contributed by atoms with Crippen molar-refractivity contribution in [2.75, 3.05) is 20.2 Å². The highest BCUT2D eigenvalue weighted by Gasteiger charge is 2.32. The lowest BCUT2D eigenvalue weighted by atomic mass is 9.99. The van der Waals surface area contributed by atoms with E-state index in [0.717, 1.165) is 21.3 Å². The molecule has 2 heterocycles. The Morgan fingerprint density at radius 1 is 1.13 bits per heavy atom. The van der Waals surface area contributed by atoms with Gasteiger partial charge in [-0.1, -0.05) is 41.1 Å². The van der Waals surface area contributed by atoms with Gasteiger partial charge in [-0.05, 0) is 49.6 Å². The maximum atomic E-state index is 13.1. The van der Waals surface area contributed by atoms with E-state index in [2.05, 4.69) is 10.2 Å². The first kappa shape index (κ1) is 21.2. The molecule has 0 bridgehead atoms. The summed E-state index contributed by atoms with van der Waals surface area (Å²) in [5.74, 6) is 0.955. The fourth-order valence-electron chi connectivity index (χ4n) is 3.66. The van der Waals surface area contributed by atoms with Gasteiger partial charge in [0.05, 0.1) is 17.6 Å². The fraction of sp³-hybridized carbons (Fsp3) is 0.333. The lowest BCUT2D eigenvalue weighted by molar-refractivity contribution is 0.318. The number of benzene rings is 2. The van der Waals surface area contributed by atoms with Crippen molar-refractivity contribution in [3.05, 3.63) is 58.1 Å². The van der Waals surface area contributed by atoms with Gasteiger partial charge in [0.2, 0.25) is 10.0 Å². The molecule has 1 aromatic heterocycles. The summed E-state index contributed by atoms with van der Waals surface area (Å²) in [4.78, 5) is 0.280. The SMILES string of the molecule is COc1ccccc1-c1nnc(C2CCN(S(=O)(=O)c3cc(Cl)ccc3C)CC2)s1. The molecule has 0 unspecified atom stereocenters. The maximum Gasteiger partial charge on any atom is 0.243 e. The van der Waals surface area contributed by atoms with Crippen LogP contribution in [-0.2, 0) is 10.0 Å². The second kappa shape index (κ2) is 8.63. The van der Waals surface area contributed by atoms with Gasteiger partial charge in [-0.15, -0.1) is 10.2 Å². The number of nitrogens with zero attached hydrogens (tertiary/aromatic N) is 3. The molecule has 158 valence electrons. The van der Waals surface area contributed by atoms with Gasteiger partial charge in [-0.3, -0.25) is 0 Å². The van der Waals surface area contributed by atoms with Gasteiger partial charge in [0.15, 0.2) is 5.01 Å². The van der Waals surface area contributed by atoms with Gasteiger partial charge in [0.25, 0.3) is 0 Å². The van der Waals surface area contributed by atoms with E-state index < -0.39 is 10.0 Å². The topological polar surface area (TPSA) is 72.4 Å². The van der Waals surface area contributed by atoms with Crippen LogP contribution in [0.15, 0.2) is 47.4 Å². The smallest absolute Gasteiger partial charge is 0.243 e. The van der Waals surface area contributed by atoms with Crippen LogP contribution in [0.5, 0.6) is 5.75 Å². The number of hydrogen-bond acceptors (Lipinski definition) is 6. The number of piperidine rings is 1. The van der Waals surface area contributed by atoms with Crippen molar-refractivity contribution in [3.63, 3.8) is 0 Å². The molecule has 0 radical (unpaired) electrons. The normalized spacial score (nSPS) is 16.0. The van der Waals surface area contributed by atoms with Gasteiger partial charge in [0, 0.05) is 24.0 Å². The second-order valence-corrected chi connectivity index (χ2v) is 10.6. The summed E-state index contributed by atoms with van der Waals surface area (Å²) in [7, 11) is -1.93. The molecule has 1 saturated heterocycles. The molecule has 1 aliphatic rings. The molecule has 9 heteroatoms. The Morgan fingerprint density at radius 2 is 1.87 bits per heavy atom. The summed E-state index contributed by atoms with van der Waals surface area (Å²) < 4.78 is 33.2. The van der Waals surface area contributed by atoms with Crippen LogP contribution in [0.3, 0.4) is 0 Å². The van der Waals surface area contributed by atoms with Gasteiger partial charge >= 0.3 is 0 Å². The van der Waals surface area contributed by atoms with Crippen molar-refractivity contribution in [3.8, 4) is 16.3 Å². The second-order valence-electron chi connectivity index (χ2n) is 7.23. The highest BCUT2D eigenvalue weighted by atomic mass is 35.5. The van der Waals surface area contributed by atoms with Crippen LogP contribution in [-0.4, -0.2) is 43.1 Å². The third-order valence-electron chi connectivity index (χ3n) is 5.35. The summed E-state index contributed by atoms with van der Waals surface area (Å²) in [5, 5.41) is 10.9. The van der Waals surface area contributed by atoms with Gasteiger partial charge in [-0.25, -0.2) is 8.42 Å². The molecule has 0 amide bonds. The average Bonchev–Trinajstić information content (AvgIpc) is 3.25. The van der Waals surface area contributed by atoms with Crippen molar-refractivity contribution in [2.24, 2.45) is 0 Å². The van der Waals surface area contributed by atoms with Gasteiger partial charge < -0.3 is 4.74 Å². The highest BCUT2D eigenvalue weighted by molar-refractivity contribution is 7.89. The number of hydrogen-bond donors (Lipinski definition) is 0. The number of sulfonamides is 1. The van der Waals surface area contributed by atoms with Crippen LogP contribution >= 0.6 is 22.9 Å². The van der Waals surface area contributed by atoms with Crippen LogP contribution < -0.4 is 4.74 Å². The van der Waals surface area contributed by atoms with Crippen molar-refractivity contribution in [1.82, 2.24) is 14.5 Å². The number of para-hydroxylation sites is 1. The van der Waals surface area contributed by atoms with Crippen LogP contribution in [0.4, 0.5) is 0 Å². The first-order chi connectivity index (χ1) is 14.4. The Balaban J connectivity index is 1.49. The van der Waals surface area contributed by atoms with Crippen LogP contribution in [0.1, 0.15) is 29.3 Å². The molecule has 6 nitrogen and oxygen atoms in total. The maximum absolute atomic E-state index is 13.1. The Morgan fingerprint density at radius 3 is 2.60 bits per heavy atom. The van der Waals surface area contributed by atoms with E-state index >= 15 is 0 Å². The van der Waals surface area contributed by atoms with E-state index in [9.17, 15) is 8.42 Å². The number of aromatic nitrogens is 2. The number of halogens is 1. The Hall–Kier alpha value is -2.00. The standard InChI is InChI=1S/C21H22ClN3O3S2/c1-14-7-8-16(22)13-19(14)30(26,27)25-11-9-15(10-12-25)20-23-24-21(29-20)17-5-3-4-6-18(17)28-2/h3-8,13,15H,9-12H2,1-2H3. The predicted octanol–water partition coefficient (Wildman–Crippen LogP) is 4.74. The quantitative estimate of drug-likeness (QED) is 0.546. The zero-order valence-corrected chi connectivity index (χ0v) is 19.1. The molecular weight excluding hydrogens is 442 g/mol. The first-order valence-electron chi connectivity index (χ1n) is 9.63. The van der Waals surface area contributed by atoms with Crippen LogP contribution in [0.2, 0.25) is 5.02 Å². The van der Waals surface area contributed by atoms with Crippen molar-refractivity contribution in [2.45, 2.75) is 30.6 Å². The van der Waals surface area contributed by atoms with Crippen molar-refractivity contribution < 1.29 is 13.2 Å². The van der Waals surface area contributed by atoms with Crippen molar-refractivity contribution in [1.29, 1.82) is 0 Å². The molecule has 0 N–H and O–H groups in total. The molecule has 0 spiro atoms. The van der Waals surface area contributed by atoms with E-state index in [1.165, 1.54) is 6.07 Å². The number of ether oxygens (including phenoxy) is 1. The number of aryl methyl sites for hydroxylation is 1. The summed E-state index contributed by atoms with van der Waals surface area (Å²) in [6.45, 7) is 2.68. The van der Waals surface area contributed by atoms with Crippen LogP contribution in [0.25, 0.3) is 10.6 Å². The third-order valence-corrected chi connectivity index (χ3v) is 8.74. The molecule has 1 aliphatic heterocycles. The van der Waals surface area contributed by atoms with Gasteiger partial charge in [-0.2, -0.15) is 4.31 Å². The lowest BCUT2D eigenvalue weighted by Crippen LogP contribution is -2.38. The third kappa shape index (κ3) is 4.09. The van der Waals surface area contributed by atoms with E-state index in [4.69, 9.17) is 16.3 Å². The summed E-state index contributed by atoms with van der Waals surface area (Å²) >= 11 is 7.58. The molecule has 1 fully saturated rings. The molecule has 3 aromatic rings. The average molecular weight is 464 g/mol. The van der Waals surface area contributed by atoms with E-state index in [-0.39, 0.29) is 10.8 Å². The van der Waals surface area contributed by atoms with Crippen LogP contribution in [0, 0.1) is 6.92 Å². The highest BCUT2D eigenvalue weighted by Crippen LogP contribution is 2.37. The lowest BCUT2D eigenvalue weighted by Gasteiger charge is -2.30. The fourth-order valence-corrected chi connectivity index (χ4v) is 6.66.